The standard InChI is InChI=1S/C11H16O2/c1-3-10(12)13-11-5-4-9(7-11)6-8(11)2/h3,8-9H,1,4-7H2,2H3. The number of hydrogen-bond acceptors (Lipinski definition) is 2. The molecule has 2 aliphatic rings. The van der Waals surface area contributed by atoms with E-state index < -0.39 is 0 Å². The summed E-state index contributed by atoms with van der Waals surface area (Å²) in [7, 11) is 0. The molecule has 3 unspecified atom stereocenters. The van der Waals surface area contributed by atoms with Crippen LogP contribution in [0.1, 0.15) is 32.6 Å². The first-order chi connectivity index (χ1) is 6.16. The van der Waals surface area contributed by atoms with Gasteiger partial charge in [-0.25, -0.2) is 4.79 Å². The van der Waals surface area contributed by atoms with Crippen molar-refractivity contribution >= 4 is 5.97 Å². The van der Waals surface area contributed by atoms with Gasteiger partial charge in [-0.2, -0.15) is 0 Å². The van der Waals surface area contributed by atoms with Crippen LogP contribution in [-0.4, -0.2) is 11.6 Å². The van der Waals surface area contributed by atoms with Crippen LogP contribution in [0.15, 0.2) is 12.7 Å². The predicted octanol–water partition coefficient (Wildman–Crippen LogP) is 2.29. The maximum atomic E-state index is 11.2. The largest absolute Gasteiger partial charge is 0.456 e. The lowest BCUT2D eigenvalue weighted by Crippen LogP contribution is -2.36. The fourth-order valence-electron chi connectivity index (χ4n) is 2.94. The summed E-state index contributed by atoms with van der Waals surface area (Å²) in [5, 5.41) is 0. The summed E-state index contributed by atoms with van der Waals surface area (Å²) < 4.78 is 5.49. The van der Waals surface area contributed by atoms with E-state index in [4.69, 9.17) is 4.74 Å². The third kappa shape index (κ3) is 1.28. The van der Waals surface area contributed by atoms with Crippen molar-refractivity contribution in [3.05, 3.63) is 12.7 Å². The Morgan fingerprint density at radius 1 is 1.69 bits per heavy atom. The van der Waals surface area contributed by atoms with Crippen LogP contribution >= 0.6 is 0 Å². The summed E-state index contributed by atoms with van der Waals surface area (Å²) >= 11 is 0. The number of esters is 1. The van der Waals surface area contributed by atoms with Crippen molar-refractivity contribution in [1.29, 1.82) is 0 Å². The Morgan fingerprint density at radius 2 is 2.46 bits per heavy atom. The molecule has 2 nitrogen and oxygen atoms in total. The zero-order valence-corrected chi connectivity index (χ0v) is 8.08. The van der Waals surface area contributed by atoms with E-state index >= 15 is 0 Å². The normalized spacial score (nSPS) is 41.9. The van der Waals surface area contributed by atoms with Crippen molar-refractivity contribution in [2.75, 3.05) is 0 Å². The second-order valence-corrected chi connectivity index (χ2v) is 4.44. The molecule has 0 aliphatic heterocycles. The molecule has 0 radical (unpaired) electrons. The first-order valence-electron chi connectivity index (χ1n) is 5.02. The van der Waals surface area contributed by atoms with Crippen LogP contribution in [0.3, 0.4) is 0 Å². The third-order valence-corrected chi connectivity index (χ3v) is 3.67. The minimum Gasteiger partial charge on any atom is -0.456 e. The highest BCUT2D eigenvalue weighted by molar-refractivity contribution is 5.81. The van der Waals surface area contributed by atoms with E-state index in [2.05, 4.69) is 13.5 Å². The molecule has 0 spiro atoms. The fourth-order valence-corrected chi connectivity index (χ4v) is 2.94. The number of rotatable bonds is 2. The number of fused-ring (bicyclic) bond motifs is 2. The number of carbonyl (C=O) groups is 1. The lowest BCUT2D eigenvalue weighted by Gasteiger charge is -2.31. The average molecular weight is 180 g/mol. The van der Waals surface area contributed by atoms with Crippen LogP contribution in [-0.2, 0) is 9.53 Å². The molecular formula is C11H16O2. The van der Waals surface area contributed by atoms with Gasteiger partial charge in [-0.15, -0.1) is 0 Å². The Hall–Kier alpha value is -0.790. The van der Waals surface area contributed by atoms with Gasteiger partial charge in [0.05, 0.1) is 0 Å². The lowest BCUT2D eigenvalue weighted by atomic mass is 9.86. The highest BCUT2D eigenvalue weighted by atomic mass is 16.6. The molecule has 0 saturated heterocycles. The molecule has 2 bridgehead atoms. The summed E-state index contributed by atoms with van der Waals surface area (Å²) in [6, 6.07) is 0. The van der Waals surface area contributed by atoms with E-state index in [1.165, 1.54) is 18.9 Å². The maximum absolute atomic E-state index is 11.2. The zero-order chi connectivity index (χ0) is 9.47. The molecule has 0 heterocycles. The van der Waals surface area contributed by atoms with Crippen LogP contribution in [0.2, 0.25) is 0 Å². The molecule has 13 heavy (non-hydrogen) atoms. The van der Waals surface area contributed by atoms with Crippen molar-refractivity contribution in [3.63, 3.8) is 0 Å². The highest BCUT2D eigenvalue weighted by Crippen LogP contribution is 2.53. The van der Waals surface area contributed by atoms with Gasteiger partial charge in [0.15, 0.2) is 0 Å². The molecule has 3 atom stereocenters. The molecule has 0 amide bonds. The topological polar surface area (TPSA) is 26.3 Å². The minimum atomic E-state index is -0.255. The SMILES string of the molecule is C=CC(=O)OC12CCC(CC1C)C2. The molecule has 0 aromatic rings. The van der Waals surface area contributed by atoms with Gasteiger partial charge in [-0.05, 0) is 37.5 Å². The molecule has 2 saturated carbocycles. The van der Waals surface area contributed by atoms with Crippen LogP contribution in [0.5, 0.6) is 0 Å². The van der Waals surface area contributed by atoms with E-state index in [1.807, 2.05) is 0 Å². The van der Waals surface area contributed by atoms with Gasteiger partial charge < -0.3 is 4.74 Å². The average Bonchev–Trinajstić information content (AvgIpc) is 2.61. The Bertz CT molecular complexity index is 246. The molecule has 0 aromatic carbocycles. The first kappa shape index (κ1) is 8.79. The molecule has 2 rings (SSSR count). The fraction of sp³-hybridized carbons (Fsp3) is 0.727. The van der Waals surface area contributed by atoms with Crippen molar-refractivity contribution in [2.24, 2.45) is 11.8 Å². The Kier molecular flexibility index (Phi) is 1.94. The predicted molar refractivity (Wildman–Crippen MR) is 50.1 cm³/mol. The molecule has 0 aromatic heterocycles. The summed E-state index contributed by atoms with van der Waals surface area (Å²) in [6.07, 6.45) is 5.86. The summed E-state index contributed by atoms with van der Waals surface area (Å²) in [6.45, 7) is 5.62. The van der Waals surface area contributed by atoms with Crippen LogP contribution in [0.25, 0.3) is 0 Å². The van der Waals surface area contributed by atoms with E-state index in [0.29, 0.717) is 5.92 Å². The second kappa shape index (κ2) is 2.86. The van der Waals surface area contributed by atoms with Crippen molar-refractivity contribution in [1.82, 2.24) is 0 Å². The smallest absolute Gasteiger partial charge is 0.330 e. The number of carbonyl (C=O) groups excluding carboxylic acids is 1. The molecule has 2 heteroatoms. The van der Waals surface area contributed by atoms with Crippen molar-refractivity contribution < 1.29 is 9.53 Å². The minimum absolute atomic E-state index is 0.129. The van der Waals surface area contributed by atoms with Crippen LogP contribution in [0, 0.1) is 11.8 Å². The van der Waals surface area contributed by atoms with Gasteiger partial charge in [0.2, 0.25) is 0 Å². The van der Waals surface area contributed by atoms with Crippen molar-refractivity contribution in [2.45, 2.75) is 38.2 Å². The molecule has 2 fully saturated rings. The monoisotopic (exact) mass is 180 g/mol. The molecule has 72 valence electrons. The third-order valence-electron chi connectivity index (χ3n) is 3.67. The number of ether oxygens (including phenoxy) is 1. The van der Waals surface area contributed by atoms with Gasteiger partial charge in [-0.1, -0.05) is 13.5 Å². The Labute approximate surface area is 79.0 Å². The maximum Gasteiger partial charge on any atom is 0.330 e. The van der Waals surface area contributed by atoms with Gasteiger partial charge in [-0.3, -0.25) is 0 Å². The zero-order valence-electron chi connectivity index (χ0n) is 8.08. The summed E-state index contributed by atoms with van der Waals surface area (Å²) in [5.74, 6) is 1.08. The van der Waals surface area contributed by atoms with E-state index in [0.717, 1.165) is 18.8 Å². The lowest BCUT2D eigenvalue weighted by molar-refractivity contribution is -0.156. The summed E-state index contributed by atoms with van der Waals surface area (Å²) in [5.41, 5.74) is -0.129. The second-order valence-electron chi connectivity index (χ2n) is 4.44. The Balaban J connectivity index is 2.10. The van der Waals surface area contributed by atoms with Gasteiger partial charge in [0.25, 0.3) is 0 Å². The highest BCUT2D eigenvalue weighted by Gasteiger charge is 2.52. The quantitative estimate of drug-likeness (QED) is 0.481. The van der Waals surface area contributed by atoms with E-state index in [-0.39, 0.29) is 11.6 Å². The van der Waals surface area contributed by atoms with Gasteiger partial charge >= 0.3 is 5.97 Å². The number of hydrogen-bond donors (Lipinski definition) is 0. The van der Waals surface area contributed by atoms with E-state index in [1.54, 1.807) is 0 Å². The Morgan fingerprint density at radius 3 is 2.92 bits per heavy atom. The summed E-state index contributed by atoms with van der Waals surface area (Å²) in [4.78, 5) is 11.2. The molecule has 0 N–H and O–H groups in total. The van der Waals surface area contributed by atoms with Crippen LogP contribution in [0.4, 0.5) is 0 Å². The van der Waals surface area contributed by atoms with Gasteiger partial charge in [0.1, 0.15) is 5.60 Å². The van der Waals surface area contributed by atoms with Crippen molar-refractivity contribution in [3.8, 4) is 0 Å². The molecular weight excluding hydrogens is 164 g/mol. The van der Waals surface area contributed by atoms with E-state index in [9.17, 15) is 4.79 Å². The molecule has 2 aliphatic carbocycles. The van der Waals surface area contributed by atoms with Crippen LogP contribution < -0.4 is 0 Å². The van der Waals surface area contributed by atoms with Gasteiger partial charge in [0, 0.05) is 6.08 Å². The first-order valence-corrected chi connectivity index (χ1v) is 5.02.